The van der Waals surface area contributed by atoms with Crippen LogP contribution in [-0.2, 0) is 10.0 Å². The van der Waals surface area contributed by atoms with Crippen molar-refractivity contribution in [3.63, 3.8) is 0 Å². The van der Waals surface area contributed by atoms with Gasteiger partial charge in [-0.1, -0.05) is 24.4 Å². The number of carbonyl (C=O) groups excluding carboxylic acids is 1. The molecule has 3 N–H and O–H groups in total. The molecule has 2 rings (SSSR count). The Balaban J connectivity index is 2.23. The highest BCUT2D eigenvalue weighted by atomic mass is 79.9. The van der Waals surface area contributed by atoms with Crippen molar-refractivity contribution in [2.75, 3.05) is 0 Å². The average Bonchev–Trinajstić information content (AvgIpc) is 3.10. The third-order valence-corrected chi connectivity index (χ3v) is 5.52. The monoisotopic (exact) mass is 394 g/mol. The van der Waals surface area contributed by atoms with E-state index in [1.807, 2.05) is 6.92 Å². The lowest BCUT2D eigenvalue weighted by atomic mass is 10.1. The summed E-state index contributed by atoms with van der Waals surface area (Å²) in [7, 11) is -3.93. The maximum atomic E-state index is 12.2. The molecule has 5 nitrogen and oxygen atoms in total. The number of amides is 1. The molecule has 0 aliphatic heterocycles. The topological polar surface area (TPSA) is 89.3 Å². The van der Waals surface area contributed by atoms with Gasteiger partial charge in [-0.05, 0) is 47.3 Å². The van der Waals surface area contributed by atoms with Gasteiger partial charge in [-0.2, -0.15) is 0 Å². The van der Waals surface area contributed by atoms with Gasteiger partial charge in [-0.3, -0.25) is 4.79 Å². The Kier molecular flexibility index (Phi) is 4.97. The van der Waals surface area contributed by atoms with Crippen LogP contribution in [0.5, 0.6) is 0 Å². The maximum Gasteiger partial charge on any atom is 0.253 e. The van der Waals surface area contributed by atoms with E-state index in [0.717, 1.165) is 6.42 Å². The van der Waals surface area contributed by atoms with Gasteiger partial charge in [0.2, 0.25) is 10.0 Å². The van der Waals surface area contributed by atoms with E-state index in [1.54, 1.807) is 0 Å². The van der Waals surface area contributed by atoms with E-state index in [2.05, 4.69) is 21.2 Å². The molecule has 0 saturated heterocycles. The molecule has 116 valence electrons. The molecule has 1 unspecified atom stereocenters. The number of rotatable bonds is 5. The van der Waals surface area contributed by atoms with Crippen molar-refractivity contribution in [2.24, 2.45) is 11.1 Å². The Morgan fingerprint density at radius 3 is 2.67 bits per heavy atom. The molecule has 1 aromatic rings. The highest BCUT2D eigenvalue weighted by Gasteiger charge is 2.25. The molecule has 0 spiro atoms. The molecule has 1 aromatic carbocycles. The van der Waals surface area contributed by atoms with Crippen molar-refractivity contribution < 1.29 is 13.2 Å². The van der Waals surface area contributed by atoms with Crippen LogP contribution in [0.2, 0.25) is 5.02 Å². The predicted octanol–water partition coefficient (Wildman–Crippen LogP) is 2.67. The van der Waals surface area contributed by atoms with Crippen molar-refractivity contribution >= 4 is 43.5 Å². The first kappa shape index (κ1) is 16.7. The summed E-state index contributed by atoms with van der Waals surface area (Å²) in [5, 5.41) is 8.12. The molecule has 0 heterocycles. The number of halogens is 2. The first-order chi connectivity index (χ1) is 9.68. The zero-order valence-corrected chi connectivity index (χ0v) is 14.6. The van der Waals surface area contributed by atoms with Crippen LogP contribution in [0, 0.1) is 5.92 Å². The Hall–Kier alpha value is -0.630. The SMILES string of the molecule is CC(CC1CC1)NC(=O)c1cc(S(N)(=O)=O)c(Br)cc1Cl. The molecule has 21 heavy (non-hydrogen) atoms. The van der Waals surface area contributed by atoms with Crippen LogP contribution in [0.4, 0.5) is 0 Å². The Bertz CT molecular complexity index is 674. The second-order valence-corrected chi connectivity index (χ2v) is 8.15. The lowest BCUT2D eigenvalue weighted by molar-refractivity contribution is 0.0937. The Labute approximate surface area is 137 Å². The molecule has 8 heteroatoms. The van der Waals surface area contributed by atoms with E-state index in [9.17, 15) is 13.2 Å². The van der Waals surface area contributed by atoms with Gasteiger partial charge < -0.3 is 5.32 Å². The molecule has 0 radical (unpaired) electrons. The van der Waals surface area contributed by atoms with Crippen molar-refractivity contribution in [2.45, 2.75) is 37.1 Å². The van der Waals surface area contributed by atoms with E-state index in [4.69, 9.17) is 16.7 Å². The van der Waals surface area contributed by atoms with Gasteiger partial charge in [-0.25, -0.2) is 13.6 Å². The molecule has 1 aliphatic carbocycles. The first-order valence-corrected chi connectivity index (χ1v) is 9.23. The number of nitrogens with two attached hydrogens (primary N) is 1. The molecule has 1 atom stereocenters. The molecule has 0 aromatic heterocycles. The molecule has 1 saturated carbocycles. The van der Waals surface area contributed by atoms with E-state index in [-0.39, 0.29) is 26.0 Å². The minimum Gasteiger partial charge on any atom is -0.350 e. The standard InChI is InChI=1S/C13H16BrClN2O3S/c1-7(4-8-2-3-8)17-13(18)9-5-12(21(16,19)20)10(14)6-11(9)15/h5-8H,2-4H2,1H3,(H,17,18)(H2,16,19,20). The Morgan fingerprint density at radius 1 is 1.52 bits per heavy atom. The average molecular weight is 396 g/mol. The van der Waals surface area contributed by atoms with Crippen molar-refractivity contribution in [3.8, 4) is 0 Å². The summed E-state index contributed by atoms with van der Waals surface area (Å²) in [6, 6.07) is 2.57. The first-order valence-electron chi connectivity index (χ1n) is 6.51. The van der Waals surface area contributed by atoms with Gasteiger partial charge in [0.15, 0.2) is 0 Å². The highest BCUT2D eigenvalue weighted by Crippen LogP contribution is 2.33. The van der Waals surface area contributed by atoms with Crippen LogP contribution in [0.3, 0.4) is 0 Å². The third kappa shape index (κ3) is 4.42. The predicted molar refractivity (Wildman–Crippen MR) is 84.8 cm³/mol. The quantitative estimate of drug-likeness (QED) is 0.803. The number of primary sulfonamides is 1. The second kappa shape index (κ2) is 6.24. The van der Waals surface area contributed by atoms with E-state index < -0.39 is 15.9 Å². The number of sulfonamides is 1. The zero-order chi connectivity index (χ0) is 15.8. The fraction of sp³-hybridized carbons (Fsp3) is 0.462. The van der Waals surface area contributed by atoms with Crippen LogP contribution < -0.4 is 10.5 Å². The molecule has 1 amide bonds. The number of hydrogen-bond donors (Lipinski definition) is 2. The highest BCUT2D eigenvalue weighted by molar-refractivity contribution is 9.10. The van der Waals surface area contributed by atoms with Crippen molar-refractivity contribution in [1.29, 1.82) is 0 Å². The van der Waals surface area contributed by atoms with Gasteiger partial charge in [-0.15, -0.1) is 0 Å². The fourth-order valence-electron chi connectivity index (χ4n) is 2.14. The van der Waals surface area contributed by atoms with Crippen LogP contribution in [0.25, 0.3) is 0 Å². The van der Waals surface area contributed by atoms with Crippen molar-refractivity contribution in [3.05, 3.63) is 27.2 Å². The molecule has 1 fully saturated rings. The number of nitrogens with one attached hydrogen (secondary N) is 1. The van der Waals surface area contributed by atoms with E-state index in [0.29, 0.717) is 5.92 Å². The van der Waals surface area contributed by atoms with E-state index >= 15 is 0 Å². The third-order valence-electron chi connectivity index (χ3n) is 3.33. The summed E-state index contributed by atoms with van der Waals surface area (Å²) in [5.74, 6) is 0.284. The zero-order valence-electron chi connectivity index (χ0n) is 11.4. The van der Waals surface area contributed by atoms with Gasteiger partial charge in [0, 0.05) is 10.5 Å². The smallest absolute Gasteiger partial charge is 0.253 e. The number of hydrogen-bond acceptors (Lipinski definition) is 3. The number of carbonyl (C=O) groups is 1. The minimum absolute atomic E-state index is 0.0163. The maximum absolute atomic E-state index is 12.2. The summed E-state index contributed by atoms with van der Waals surface area (Å²) in [4.78, 5) is 12.1. The Morgan fingerprint density at radius 2 is 2.14 bits per heavy atom. The fourth-order valence-corrected chi connectivity index (χ4v) is 4.15. The van der Waals surface area contributed by atoms with Crippen molar-refractivity contribution in [1.82, 2.24) is 5.32 Å². The second-order valence-electron chi connectivity index (χ2n) is 5.36. The lowest BCUT2D eigenvalue weighted by Gasteiger charge is -2.15. The van der Waals surface area contributed by atoms with E-state index in [1.165, 1.54) is 25.0 Å². The summed E-state index contributed by atoms with van der Waals surface area (Å²) in [6.07, 6.45) is 3.32. The molecule has 1 aliphatic rings. The summed E-state index contributed by atoms with van der Waals surface area (Å²) < 4.78 is 23.2. The molecular weight excluding hydrogens is 380 g/mol. The summed E-state index contributed by atoms with van der Waals surface area (Å²) in [5.41, 5.74) is 0.103. The minimum atomic E-state index is -3.93. The van der Waals surface area contributed by atoms with Crippen LogP contribution in [-0.4, -0.2) is 20.4 Å². The molecular formula is C13H16BrClN2O3S. The summed E-state index contributed by atoms with van der Waals surface area (Å²) >= 11 is 9.10. The van der Waals surface area contributed by atoms with Gasteiger partial charge >= 0.3 is 0 Å². The van der Waals surface area contributed by atoms with Gasteiger partial charge in [0.05, 0.1) is 15.5 Å². The van der Waals surface area contributed by atoms with Crippen LogP contribution in [0.15, 0.2) is 21.5 Å². The normalized spacial score (nSPS) is 16.6. The van der Waals surface area contributed by atoms with Crippen LogP contribution >= 0.6 is 27.5 Å². The number of benzene rings is 1. The summed E-state index contributed by atoms with van der Waals surface area (Å²) in [6.45, 7) is 1.92. The van der Waals surface area contributed by atoms with Crippen LogP contribution in [0.1, 0.15) is 36.5 Å². The lowest BCUT2D eigenvalue weighted by Crippen LogP contribution is -2.33. The molecule has 0 bridgehead atoms. The van der Waals surface area contributed by atoms with Gasteiger partial charge in [0.1, 0.15) is 0 Å². The largest absolute Gasteiger partial charge is 0.350 e. The van der Waals surface area contributed by atoms with Gasteiger partial charge in [0.25, 0.3) is 5.91 Å².